The molecule has 3 nitrogen and oxygen atoms in total. The van der Waals surface area contributed by atoms with Gasteiger partial charge in [-0.25, -0.2) is 0 Å². The summed E-state index contributed by atoms with van der Waals surface area (Å²) in [6, 6.07) is 5.99. The molecule has 1 aromatic carbocycles. The minimum Gasteiger partial charge on any atom is -0.493 e. The zero-order valence-corrected chi connectivity index (χ0v) is 12.9. The zero-order chi connectivity index (χ0) is 15.1. The SMILES string of the molecule is C=CCCC(CO)c1ccc(OC)c(OC2CCCC2)c1. The van der Waals surface area contributed by atoms with Crippen molar-refractivity contribution in [2.45, 2.75) is 50.5 Å². The van der Waals surface area contributed by atoms with Crippen molar-refractivity contribution in [1.82, 2.24) is 0 Å². The lowest BCUT2D eigenvalue weighted by Crippen LogP contribution is -2.12. The summed E-state index contributed by atoms with van der Waals surface area (Å²) >= 11 is 0. The number of methoxy groups -OCH3 is 1. The Morgan fingerprint density at radius 1 is 1.33 bits per heavy atom. The van der Waals surface area contributed by atoms with Crippen LogP contribution in [0.2, 0.25) is 0 Å². The number of allylic oxidation sites excluding steroid dienone is 1. The fourth-order valence-corrected chi connectivity index (χ4v) is 2.91. The molecule has 0 bridgehead atoms. The summed E-state index contributed by atoms with van der Waals surface area (Å²) in [5.74, 6) is 1.70. The van der Waals surface area contributed by atoms with Gasteiger partial charge >= 0.3 is 0 Å². The molecule has 1 aliphatic carbocycles. The third kappa shape index (κ3) is 4.24. The maximum Gasteiger partial charge on any atom is 0.161 e. The van der Waals surface area contributed by atoms with Gasteiger partial charge in [-0.15, -0.1) is 6.58 Å². The lowest BCUT2D eigenvalue weighted by molar-refractivity contribution is 0.200. The van der Waals surface area contributed by atoms with Crippen LogP contribution in [0.5, 0.6) is 11.5 Å². The Bertz CT molecular complexity index is 450. The molecule has 1 atom stereocenters. The van der Waals surface area contributed by atoms with Crippen LogP contribution in [0.25, 0.3) is 0 Å². The molecule has 1 aromatic rings. The van der Waals surface area contributed by atoms with E-state index in [1.54, 1.807) is 7.11 Å². The van der Waals surface area contributed by atoms with Gasteiger partial charge in [-0.1, -0.05) is 12.1 Å². The van der Waals surface area contributed by atoms with Crippen molar-refractivity contribution < 1.29 is 14.6 Å². The van der Waals surface area contributed by atoms with Crippen LogP contribution in [0.3, 0.4) is 0 Å². The van der Waals surface area contributed by atoms with E-state index in [1.165, 1.54) is 12.8 Å². The van der Waals surface area contributed by atoms with Crippen LogP contribution in [0.15, 0.2) is 30.9 Å². The van der Waals surface area contributed by atoms with Gasteiger partial charge in [0.15, 0.2) is 11.5 Å². The lowest BCUT2D eigenvalue weighted by atomic mass is 9.94. The smallest absolute Gasteiger partial charge is 0.161 e. The summed E-state index contributed by atoms with van der Waals surface area (Å²) in [7, 11) is 1.66. The molecular weight excluding hydrogens is 264 g/mol. The first kappa shape index (κ1) is 15.9. The number of aliphatic hydroxyl groups is 1. The minimum absolute atomic E-state index is 0.125. The number of hydrogen-bond acceptors (Lipinski definition) is 3. The van der Waals surface area contributed by atoms with Crippen LogP contribution in [0.1, 0.15) is 50.0 Å². The van der Waals surface area contributed by atoms with Crippen molar-refractivity contribution in [3.8, 4) is 11.5 Å². The van der Waals surface area contributed by atoms with Gasteiger partial charge in [0, 0.05) is 12.5 Å². The summed E-state index contributed by atoms with van der Waals surface area (Å²) in [5.41, 5.74) is 1.10. The van der Waals surface area contributed by atoms with Gasteiger partial charge in [-0.05, 0) is 56.2 Å². The van der Waals surface area contributed by atoms with Crippen molar-refractivity contribution in [2.75, 3.05) is 13.7 Å². The number of rotatable bonds is 8. The molecule has 116 valence electrons. The van der Waals surface area contributed by atoms with Gasteiger partial charge in [0.1, 0.15) is 0 Å². The summed E-state index contributed by atoms with van der Waals surface area (Å²) < 4.78 is 11.5. The first-order chi connectivity index (χ1) is 10.3. The summed E-state index contributed by atoms with van der Waals surface area (Å²) in [4.78, 5) is 0. The average Bonchev–Trinajstić information content (AvgIpc) is 3.01. The van der Waals surface area contributed by atoms with Crippen molar-refractivity contribution in [1.29, 1.82) is 0 Å². The van der Waals surface area contributed by atoms with E-state index >= 15 is 0 Å². The molecule has 1 N–H and O–H groups in total. The van der Waals surface area contributed by atoms with Crippen molar-refractivity contribution >= 4 is 0 Å². The van der Waals surface area contributed by atoms with E-state index in [4.69, 9.17) is 9.47 Å². The normalized spacial score (nSPS) is 16.7. The van der Waals surface area contributed by atoms with Gasteiger partial charge in [0.05, 0.1) is 13.2 Å². The molecule has 0 aromatic heterocycles. The second kappa shape index (κ2) is 8.08. The molecule has 1 saturated carbocycles. The largest absolute Gasteiger partial charge is 0.493 e. The van der Waals surface area contributed by atoms with Crippen LogP contribution < -0.4 is 9.47 Å². The Morgan fingerprint density at radius 2 is 2.10 bits per heavy atom. The first-order valence-corrected chi connectivity index (χ1v) is 7.84. The Hall–Kier alpha value is -1.48. The third-order valence-electron chi connectivity index (χ3n) is 4.19. The molecule has 0 spiro atoms. The van der Waals surface area contributed by atoms with E-state index < -0.39 is 0 Å². The number of benzene rings is 1. The Labute approximate surface area is 127 Å². The number of aliphatic hydroxyl groups excluding tert-OH is 1. The molecule has 1 fully saturated rings. The Balaban J connectivity index is 2.16. The summed E-state index contributed by atoms with van der Waals surface area (Å²) in [5, 5.41) is 9.60. The van der Waals surface area contributed by atoms with Crippen LogP contribution in [0, 0.1) is 0 Å². The van der Waals surface area contributed by atoms with Gasteiger partial charge in [-0.3, -0.25) is 0 Å². The molecule has 0 radical (unpaired) electrons. The molecule has 0 aliphatic heterocycles. The van der Waals surface area contributed by atoms with E-state index in [2.05, 4.69) is 6.58 Å². The predicted molar refractivity (Wildman–Crippen MR) is 85.1 cm³/mol. The summed E-state index contributed by atoms with van der Waals surface area (Å²) in [6.07, 6.45) is 8.71. The van der Waals surface area contributed by atoms with E-state index in [-0.39, 0.29) is 12.5 Å². The Kier molecular flexibility index (Phi) is 6.12. The fourth-order valence-electron chi connectivity index (χ4n) is 2.91. The highest BCUT2D eigenvalue weighted by Gasteiger charge is 2.20. The summed E-state index contributed by atoms with van der Waals surface area (Å²) in [6.45, 7) is 3.89. The Morgan fingerprint density at radius 3 is 2.71 bits per heavy atom. The number of ether oxygens (including phenoxy) is 2. The molecule has 3 heteroatoms. The second-order valence-corrected chi connectivity index (χ2v) is 5.68. The van der Waals surface area contributed by atoms with Crippen molar-refractivity contribution in [3.05, 3.63) is 36.4 Å². The molecule has 1 aliphatic rings. The van der Waals surface area contributed by atoms with Crippen molar-refractivity contribution in [2.24, 2.45) is 0 Å². The molecular formula is C18H26O3. The zero-order valence-electron chi connectivity index (χ0n) is 12.9. The molecule has 2 rings (SSSR count). The predicted octanol–water partition coefficient (Wildman–Crippen LogP) is 4.06. The molecule has 21 heavy (non-hydrogen) atoms. The lowest BCUT2D eigenvalue weighted by Gasteiger charge is -2.19. The highest BCUT2D eigenvalue weighted by atomic mass is 16.5. The van der Waals surface area contributed by atoms with E-state index in [9.17, 15) is 5.11 Å². The molecule has 1 unspecified atom stereocenters. The average molecular weight is 290 g/mol. The third-order valence-corrected chi connectivity index (χ3v) is 4.19. The van der Waals surface area contributed by atoms with E-state index in [0.717, 1.165) is 42.7 Å². The van der Waals surface area contributed by atoms with Crippen LogP contribution in [0.4, 0.5) is 0 Å². The monoisotopic (exact) mass is 290 g/mol. The maximum absolute atomic E-state index is 9.60. The van der Waals surface area contributed by atoms with E-state index in [0.29, 0.717) is 6.10 Å². The quantitative estimate of drug-likeness (QED) is 0.734. The molecule has 0 heterocycles. The van der Waals surface area contributed by atoms with Crippen LogP contribution in [-0.4, -0.2) is 24.9 Å². The molecule has 0 amide bonds. The van der Waals surface area contributed by atoms with Gasteiger partial charge < -0.3 is 14.6 Å². The van der Waals surface area contributed by atoms with Crippen LogP contribution in [-0.2, 0) is 0 Å². The van der Waals surface area contributed by atoms with Crippen LogP contribution >= 0.6 is 0 Å². The van der Waals surface area contributed by atoms with Gasteiger partial charge in [0.2, 0.25) is 0 Å². The van der Waals surface area contributed by atoms with E-state index in [1.807, 2.05) is 24.3 Å². The fraction of sp³-hybridized carbons (Fsp3) is 0.556. The van der Waals surface area contributed by atoms with Crippen molar-refractivity contribution in [3.63, 3.8) is 0 Å². The number of hydrogen-bond donors (Lipinski definition) is 1. The maximum atomic E-state index is 9.60. The highest BCUT2D eigenvalue weighted by Crippen LogP contribution is 2.35. The standard InChI is InChI=1S/C18H26O3/c1-3-4-7-15(13-19)14-10-11-17(20-2)18(12-14)21-16-8-5-6-9-16/h3,10-12,15-16,19H,1,4-9,13H2,2H3. The second-order valence-electron chi connectivity index (χ2n) is 5.68. The van der Waals surface area contributed by atoms with Gasteiger partial charge in [0.25, 0.3) is 0 Å². The first-order valence-electron chi connectivity index (χ1n) is 7.84. The minimum atomic E-state index is 0.125. The highest BCUT2D eigenvalue weighted by molar-refractivity contribution is 5.44. The molecule has 0 saturated heterocycles. The van der Waals surface area contributed by atoms with Gasteiger partial charge in [-0.2, -0.15) is 0 Å². The topological polar surface area (TPSA) is 38.7 Å².